The summed E-state index contributed by atoms with van der Waals surface area (Å²) in [6, 6.07) is 0. The number of nitrogens with one attached hydrogen (secondary N) is 1. The van der Waals surface area contributed by atoms with Gasteiger partial charge in [-0.3, -0.25) is 0 Å². The quantitative estimate of drug-likeness (QED) is 0.508. The van der Waals surface area contributed by atoms with Crippen molar-refractivity contribution in [2.45, 2.75) is 20.3 Å². The van der Waals surface area contributed by atoms with E-state index in [-0.39, 0.29) is 5.92 Å². The van der Waals surface area contributed by atoms with E-state index in [1.807, 2.05) is 6.92 Å². The highest BCUT2D eigenvalue weighted by atomic mass is 16.1. The van der Waals surface area contributed by atoms with Gasteiger partial charge < -0.3 is 10.1 Å². The molecule has 0 bridgehead atoms. The van der Waals surface area contributed by atoms with Gasteiger partial charge in [0.05, 0.1) is 0 Å². The molecule has 12 heavy (non-hydrogen) atoms. The highest BCUT2D eigenvalue weighted by molar-refractivity contribution is 5.54. The first-order valence-corrected chi connectivity index (χ1v) is 4.60. The first-order chi connectivity index (χ1) is 5.75. The van der Waals surface area contributed by atoms with E-state index >= 15 is 0 Å². The molecule has 68 valence electrons. The van der Waals surface area contributed by atoms with Crippen LogP contribution in [0.15, 0.2) is 11.6 Å². The number of hydrogen-bond acceptors (Lipinski definition) is 2. The maximum atomic E-state index is 10.5. The lowest BCUT2D eigenvalue weighted by Gasteiger charge is -2.22. The van der Waals surface area contributed by atoms with E-state index < -0.39 is 0 Å². The molecule has 1 rings (SSSR count). The van der Waals surface area contributed by atoms with E-state index in [1.165, 1.54) is 5.57 Å². The van der Waals surface area contributed by atoms with Crippen molar-refractivity contribution < 1.29 is 4.79 Å². The lowest BCUT2D eigenvalue weighted by atomic mass is 9.86. The molecule has 0 aromatic rings. The van der Waals surface area contributed by atoms with Crippen LogP contribution >= 0.6 is 0 Å². The lowest BCUT2D eigenvalue weighted by molar-refractivity contribution is -0.111. The summed E-state index contributed by atoms with van der Waals surface area (Å²) >= 11 is 0. The van der Waals surface area contributed by atoms with Crippen LogP contribution in [0.1, 0.15) is 20.3 Å². The van der Waals surface area contributed by atoms with Crippen molar-refractivity contribution in [2.75, 3.05) is 13.1 Å². The molecule has 1 heterocycles. The van der Waals surface area contributed by atoms with Gasteiger partial charge in [0.2, 0.25) is 0 Å². The maximum absolute atomic E-state index is 10.5. The lowest BCUT2D eigenvalue weighted by Crippen LogP contribution is -2.24. The van der Waals surface area contributed by atoms with Gasteiger partial charge in [-0.15, -0.1) is 0 Å². The van der Waals surface area contributed by atoms with Crippen molar-refractivity contribution in [3.05, 3.63) is 11.6 Å². The fourth-order valence-electron chi connectivity index (χ4n) is 1.51. The highest BCUT2D eigenvalue weighted by Crippen LogP contribution is 2.22. The SMILES string of the molecule is CC(C=O)C(C)C1=CCNCC1. The number of aldehydes is 1. The maximum Gasteiger partial charge on any atom is 0.123 e. The minimum absolute atomic E-state index is 0.161. The molecule has 0 aliphatic carbocycles. The third kappa shape index (κ3) is 2.18. The Morgan fingerprint density at radius 2 is 2.33 bits per heavy atom. The summed E-state index contributed by atoms with van der Waals surface area (Å²) in [5, 5.41) is 3.26. The van der Waals surface area contributed by atoms with Gasteiger partial charge in [0.1, 0.15) is 6.29 Å². The average molecular weight is 167 g/mol. The van der Waals surface area contributed by atoms with E-state index in [2.05, 4.69) is 18.3 Å². The summed E-state index contributed by atoms with van der Waals surface area (Å²) in [5.41, 5.74) is 1.44. The van der Waals surface area contributed by atoms with Gasteiger partial charge in [0, 0.05) is 12.5 Å². The highest BCUT2D eigenvalue weighted by Gasteiger charge is 2.16. The van der Waals surface area contributed by atoms with Gasteiger partial charge >= 0.3 is 0 Å². The number of carbonyl (C=O) groups is 1. The Kier molecular flexibility index (Phi) is 3.48. The second-order valence-electron chi connectivity index (χ2n) is 3.52. The van der Waals surface area contributed by atoms with Crippen molar-refractivity contribution in [1.29, 1.82) is 0 Å². The predicted molar refractivity (Wildman–Crippen MR) is 50.0 cm³/mol. The van der Waals surface area contributed by atoms with E-state index in [0.717, 1.165) is 25.8 Å². The van der Waals surface area contributed by atoms with Crippen molar-refractivity contribution in [1.82, 2.24) is 5.32 Å². The first kappa shape index (κ1) is 9.46. The number of carbonyl (C=O) groups excluding carboxylic acids is 1. The predicted octanol–water partition coefficient (Wildman–Crippen LogP) is 1.38. The van der Waals surface area contributed by atoms with Crippen LogP contribution in [0.3, 0.4) is 0 Å². The van der Waals surface area contributed by atoms with Gasteiger partial charge in [0.25, 0.3) is 0 Å². The summed E-state index contributed by atoms with van der Waals surface area (Å²) < 4.78 is 0. The smallest absolute Gasteiger partial charge is 0.123 e. The Morgan fingerprint density at radius 1 is 1.58 bits per heavy atom. The van der Waals surface area contributed by atoms with Crippen LogP contribution in [-0.2, 0) is 4.79 Å². The molecule has 0 radical (unpaired) electrons. The fraction of sp³-hybridized carbons (Fsp3) is 0.700. The Labute approximate surface area is 74.0 Å². The Morgan fingerprint density at radius 3 is 2.83 bits per heavy atom. The zero-order chi connectivity index (χ0) is 8.97. The fourth-order valence-corrected chi connectivity index (χ4v) is 1.51. The Balaban J connectivity index is 2.55. The number of hydrogen-bond donors (Lipinski definition) is 1. The van der Waals surface area contributed by atoms with Gasteiger partial charge in [-0.25, -0.2) is 0 Å². The zero-order valence-electron chi connectivity index (χ0n) is 7.84. The van der Waals surface area contributed by atoms with Gasteiger partial charge in [-0.05, 0) is 18.9 Å². The molecule has 0 saturated carbocycles. The molecule has 2 unspecified atom stereocenters. The average Bonchev–Trinajstić information content (AvgIpc) is 2.17. The molecular weight excluding hydrogens is 150 g/mol. The molecule has 1 aliphatic heterocycles. The van der Waals surface area contributed by atoms with E-state index in [4.69, 9.17) is 0 Å². The number of rotatable bonds is 3. The van der Waals surface area contributed by atoms with Crippen molar-refractivity contribution >= 4 is 6.29 Å². The van der Waals surface area contributed by atoms with Crippen molar-refractivity contribution in [3.63, 3.8) is 0 Å². The molecule has 1 N–H and O–H groups in total. The summed E-state index contributed by atoms with van der Waals surface area (Å²) in [4.78, 5) is 10.5. The minimum Gasteiger partial charge on any atom is -0.313 e. The standard InChI is InChI=1S/C10H17NO/c1-8(7-12)9(2)10-3-5-11-6-4-10/h3,7-9,11H,4-6H2,1-2H3. The third-order valence-corrected chi connectivity index (χ3v) is 2.69. The first-order valence-electron chi connectivity index (χ1n) is 4.60. The largest absolute Gasteiger partial charge is 0.313 e. The van der Waals surface area contributed by atoms with Crippen LogP contribution in [0.2, 0.25) is 0 Å². The van der Waals surface area contributed by atoms with Crippen LogP contribution in [0.5, 0.6) is 0 Å². The van der Waals surface area contributed by atoms with Crippen LogP contribution in [0.25, 0.3) is 0 Å². The third-order valence-electron chi connectivity index (χ3n) is 2.69. The van der Waals surface area contributed by atoms with Crippen molar-refractivity contribution in [3.8, 4) is 0 Å². The molecule has 0 saturated heterocycles. The molecule has 0 spiro atoms. The topological polar surface area (TPSA) is 29.1 Å². The van der Waals surface area contributed by atoms with Gasteiger partial charge in [-0.2, -0.15) is 0 Å². The molecule has 0 aromatic carbocycles. The summed E-state index contributed by atoms with van der Waals surface area (Å²) in [6.45, 7) is 6.14. The molecule has 0 amide bonds. The molecule has 0 fully saturated rings. The summed E-state index contributed by atoms with van der Waals surface area (Å²) in [7, 11) is 0. The Hall–Kier alpha value is -0.630. The van der Waals surface area contributed by atoms with Gasteiger partial charge in [0.15, 0.2) is 0 Å². The second kappa shape index (κ2) is 4.41. The van der Waals surface area contributed by atoms with Crippen LogP contribution in [0.4, 0.5) is 0 Å². The molecular formula is C10H17NO. The normalized spacial score (nSPS) is 22.7. The van der Waals surface area contributed by atoms with E-state index in [1.54, 1.807) is 0 Å². The molecule has 2 heteroatoms. The molecule has 2 nitrogen and oxygen atoms in total. The van der Waals surface area contributed by atoms with Gasteiger partial charge in [-0.1, -0.05) is 25.5 Å². The van der Waals surface area contributed by atoms with E-state index in [0.29, 0.717) is 5.92 Å². The van der Waals surface area contributed by atoms with E-state index in [9.17, 15) is 4.79 Å². The second-order valence-corrected chi connectivity index (χ2v) is 3.52. The van der Waals surface area contributed by atoms with Crippen LogP contribution in [0, 0.1) is 11.8 Å². The van der Waals surface area contributed by atoms with Crippen LogP contribution in [-0.4, -0.2) is 19.4 Å². The van der Waals surface area contributed by atoms with Crippen molar-refractivity contribution in [2.24, 2.45) is 11.8 Å². The zero-order valence-corrected chi connectivity index (χ0v) is 7.84. The molecule has 1 aliphatic rings. The minimum atomic E-state index is 0.161. The Bertz CT molecular complexity index is 186. The van der Waals surface area contributed by atoms with Crippen LogP contribution < -0.4 is 5.32 Å². The molecule has 0 aromatic heterocycles. The molecule has 2 atom stereocenters. The summed E-state index contributed by atoms with van der Waals surface area (Å²) in [6.07, 6.45) is 4.36. The monoisotopic (exact) mass is 167 g/mol. The summed E-state index contributed by atoms with van der Waals surface area (Å²) in [5.74, 6) is 0.582.